The molecule has 39 heavy (non-hydrogen) atoms. The first-order chi connectivity index (χ1) is 18.3. The maximum atomic E-state index is 13.2. The molecule has 0 spiro atoms. The molecule has 4 heterocycles. The molecule has 8 nitrogen and oxygen atoms in total. The van der Waals surface area contributed by atoms with E-state index in [2.05, 4.69) is 36.7 Å². The van der Waals surface area contributed by atoms with Gasteiger partial charge in [0.15, 0.2) is 11.3 Å². The second-order valence-corrected chi connectivity index (χ2v) is 11.3. The Morgan fingerprint density at radius 2 is 1.85 bits per heavy atom. The zero-order valence-corrected chi connectivity index (χ0v) is 22.5. The summed E-state index contributed by atoms with van der Waals surface area (Å²) >= 11 is 0. The van der Waals surface area contributed by atoms with Crippen molar-refractivity contribution in [2.45, 2.75) is 59.5 Å². The molecule has 11 heteroatoms. The molecular weight excluding hydrogens is 507 g/mol. The highest BCUT2D eigenvalue weighted by molar-refractivity contribution is 5.78. The monoisotopic (exact) mass is 537 g/mol. The molecular formula is C28H30F3N7O. The van der Waals surface area contributed by atoms with Crippen LogP contribution in [0.5, 0.6) is 0 Å². The predicted molar refractivity (Wildman–Crippen MR) is 141 cm³/mol. The van der Waals surface area contributed by atoms with E-state index >= 15 is 0 Å². The van der Waals surface area contributed by atoms with Gasteiger partial charge in [0.1, 0.15) is 5.82 Å². The van der Waals surface area contributed by atoms with Crippen LogP contribution < -0.4 is 5.69 Å². The predicted octanol–water partition coefficient (Wildman–Crippen LogP) is 5.11. The lowest BCUT2D eigenvalue weighted by Crippen LogP contribution is -2.36. The van der Waals surface area contributed by atoms with Crippen molar-refractivity contribution in [2.75, 3.05) is 6.54 Å². The maximum Gasteiger partial charge on any atom is 0.434 e. The largest absolute Gasteiger partial charge is 0.434 e. The molecule has 204 valence electrons. The summed E-state index contributed by atoms with van der Waals surface area (Å²) in [6, 6.07) is 11.1. The third-order valence-electron chi connectivity index (χ3n) is 7.13. The van der Waals surface area contributed by atoms with Crippen LogP contribution >= 0.6 is 0 Å². The normalized spacial score (nSPS) is 16.4. The lowest BCUT2D eigenvalue weighted by atomic mass is 9.97. The van der Waals surface area contributed by atoms with Crippen molar-refractivity contribution in [3.8, 4) is 17.3 Å². The van der Waals surface area contributed by atoms with Gasteiger partial charge in [0.2, 0.25) is 0 Å². The third-order valence-corrected chi connectivity index (χ3v) is 7.13. The lowest BCUT2D eigenvalue weighted by Gasteiger charge is -2.33. The molecule has 1 unspecified atom stereocenters. The van der Waals surface area contributed by atoms with E-state index in [9.17, 15) is 23.2 Å². The van der Waals surface area contributed by atoms with E-state index in [1.54, 1.807) is 22.2 Å². The van der Waals surface area contributed by atoms with Crippen molar-refractivity contribution in [3.63, 3.8) is 0 Å². The number of aromatic nitrogens is 5. The average Bonchev–Trinajstić information content (AvgIpc) is 3.41. The highest BCUT2D eigenvalue weighted by atomic mass is 19.4. The van der Waals surface area contributed by atoms with Crippen LogP contribution in [-0.4, -0.2) is 35.1 Å². The molecule has 0 bridgehead atoms. The van der Waals surface area contributed by atoms with Gasteiger partial charge < -0.3 is 4.57 Å². The molecule has 5 rings (SSSR count). The quantitative estimate of drug-likeness (QED) is 0.361. The molecule has 1 aromatic carbocycles. The minimum Gasteiger partial charge on any atom is -0.332 e. The van der Waals surface area contributed by atoms with Gasteiger partial charge in [-0.3, -0.25) is 14.0 Å². The van der Waals surface area contributed by atoms with Gasteiger partial charge in [-0.1, -0.05) is 26.8 Å². The minimum absolute atomic E-state index is 0.101. The number of imidazole rings is 2. The van der Waals surface area contributed by atoms with E-state index in [0.29, 0.717) is 54.5 Å². The molecule has 0 aliphatic carbocycles. The van der Waals surface area contributed by atoms with Gasteiger partial charge in [0, 0.05) is 45.0 Å². The summed E-state index contributed by atoms with van der Waals surface area (Å²) in [5, 5.41) is 9.80. The fourth-order valence-corrected chi connectivity index (χ4v) is 5.17. The number of hydrogen-bond donors (Lipinski definition) is 0. The Balaban J connectivity index is 1.48. The summed E-state index contributed by atoms with van der Waals surface area (Å²) in [7, 11) is 1.69. The van der Waals surface area contributed by atoms with Crippen LogP contribution in [0.15, 0.2) is 41.3 Å². The summed E-state index contributed by atoms with van der Waals surface area (Å²) in [5.74, 6) is 0.384. The molecule has 0 amide bonds. The smallest absolute Gasteiger partial charge is 0.332 e. The molecule has 1 aliphatic heterocycles. The first-order valence-corrected chi connectivity index (χ1v) is 12.7. The van der Waals surface area contributed by atoms with Crippen LogP contribution in [0.25, 0.3) is 22.4 Å². The Bertz CT molecular complexity index is 1660. The van der Waals surface area contributed by atoms with Gasteiger partial charge in [-0.15, -0.1) is 0 Å². The summed E-state index contributed by atoms with van der Waals surface area (Å²) < 4.78 is 44.4. The van der Waals surface area contributed by atoms with E-state index in [0.717, 1.165) is 17.3 Å². The Morgan fingerprint density at radius 1 is 1.10 bits per heavy atom. The molecule has 1 aliphatic rings. The molecule has 1 atom stereocenters. The van der Waals surface area contributed by atoms with Gasteiger partial charge >= 0.3 is 11.9 Å². The van der Waals surface area contributed by atoms with Crippen molar-refractivity contribution in [3.05, 3.63) is 69.7 Å². The van der Waals surface area contributed by atoms with Crippen molar-refractivity contribution >= 4 is 11.2 Å². The zero-order chi connectivity index (χ0) is 28.3. The van der Waals surface area contributed by atoms with Crippen LogP contribution in [-0.2, 0) is 32.9 Å². The maximum absolute atomic E-state index is 13.2. The highest BCUT2D eigenvalue weighted by Crippen LogP contribution is 2.34. The number of nitriles is 1. The summed E-state index contributed by atoms with van der Waals surface area (Å²) in [5.41, 5.74) is 2.69. The topological polar surface area (TPSA) is 84.7 Å². The van der Waals surface area contributed by atoms with Gasteiger partial charge in [-0.25, -0.2) is 14.8 Å². The molecule has 0 saturated carbocycles. The fourth-order valence-electron chi connectivity index (χ4n) is 5.17. The summed E-state index contributed by atoms with van der Waals surface area (Å²) in [4.78, 5) is 23.7. The van der Waals surface area contributed by atoms with Crippen LogP contribution in [0.1, 0.15) is 56.4 Å². The second-order valence-electron chi connectivity index (χ2n) is 11.3. The van der Waals surface area contributed by atoms with Crippen molar-refractivity contribution in [2.24, 2.45) is 12.5 Å². The van der Waals surface area contributed by atoms with Gasteiger partial charge in [-0.05, 0) is 42.2 Å². The Labute approximate surface area is 223 Å². The van der Waals surface area contributed by atoms with E-state index in [4.69, 9.17) is 4.98 Å². The van der Waals surface area contributed by atoms with E-state index in [1.165, 1.54) is 4.57 Å². The standard InChI is InChI=1S/C28H30F3N7O/c1-17-24-34-23(28(29,30)31)15-37(24)11-10-36(17)14-18-6-7-19(13-32)20(12-18)21-8-9-22-25(33-21)35(5)26(39)38(22)16-27(2,3)4/h6-9,12,15,17H,10-11,14,16H2,1-5H3. The number of pyridine rings is 1. The van der Waals surface area contributed by atoms with Gasteiger partial charge in [-0.2, -0.15) is 18.4 Å². The number of halogens is 3. The number of nitrogens with zero attached hydrogens (tertiary/aromatic N) is 7. The SMILES string of the molecule is CC1c2nc(C(F)(F)F)cn2CCN1Cc1ccc(C#N)c(-c2ccc3c(n2)n(C)c(=O)n3CC(C)(C)C)c1. The number of hydrogen-bond acceptors (Lipinski definition) is 5. The summed E-state index contributed by atoms with van der Waals surface area (Å²) in [6.45, 7) is 10.0. The first-order valence-electron chi connectivity index (χ1n) is 12.7. The van der Waals surface area contributed by atoms with E-state index in [1.807, 2.05) is 31.2 Å². The first kappa shape index (κ1) is 26.7. The third kappa shape index (κ3) is 4.96. The zero-order valence-electron chi connectivity index (χ0n) is 22.5. The van der Waals surface area contributed by atoms with Crippen molar-refractivity contribution < 1.29 is 13.2 Å². The molecule has 3 aromatic heterocycles. The summed E-state index contributed by atoms with van der Waals surface area (Å²) in [6.07, 6.45) is -3.41. The van der Waals surface area contributed by atoms with E-state index < -0.39 is 11.9 Å². The Morgan fingerprint density at radius 3 is 2.51 bits per heavy atom. The number of alkyl halides is 3. The van der Waals surface area contributed by atoms with Crippen LogP contribution in [0, 0.1) is 16.7 Å². The number of benzene rings is 1. The van der Waals surface area contributed by atoms with Crippen molar-refractivity contribution in [1.82, 2.24) is 28.6 Å². The van der Waals surface area contributed by atoms with Gasteiger partial charge in [0.05, 0.1) is 28.9 Å². The Kier molecular flexibility index (Phi) is 6.42. The second kappa shape index (κ2) is 9.38. The number of aryl methyl sites for hydroxylation is 1. The molecule has 0 radical (unpaired) electrons. The van der Waals surface area contributed by atoms with Gasteiger partial charge in [0.25, 0.3) is 0 Å². The van der Waals surface area contributed by atoms with Crippen molar-refractivity contribution in [1.29, 1.82) is 5.26 Å². The van der Waals surface area contributed by atoms with Crippen LogP contribution in [0.3, 0.4) is 0 Å². The van der Waals surface area contributed by atoms with Crippen LogP contribution in [0.4, 0.5) is 13.2 Å². The average molecular weight is 538 g/mol. The minimum atomic E-state index is -4.48. The molecule has 0 fully saturated rings. The fraction of sp³-hybridized carbons (Fsp3) is 0.429. The lowest BCUT2D eigenvalue weighted by molar-refractivity contribution is -0.141. The molecule has 4 aromatic rings. The number of rotatable bonds is 4. The molecule has 0 N–H and O–H groups in total. The molecule has 0 saturated heterocycles. The Hall–Kier alpha value is -3.91. The highest BCUT2D eigenvalue weighted by Gasteiger charge is 2.37. The van der Waals surface area contributed by atoms with E-state index in [-0.39, 0.29) is 17.1 Å². The van der Waals surface area contributed by atoms with Crippen LogP contribution in [0.2, 0.25) is 0 Å². The number of fused-ring (bicyclic) bond motifs is 2.